The Morgan fingerprint density at radius 1 is 0.964 bits per heavy atom. The molecule has 0 bridgehead atoms. The van der Waals surface area contributed by atoms with Crippen molar-refractivity contribution in [2.75, 3.05) is 13.2 Å². The average Bonchev–Trinajstić information content (AvgIpc) is 2.68. The first-order valence-corrected chi connectivity index (χ1v) is 10.0. The number of aliphatic hydroxyl groups is 4. The molecule has 7 heteroatoms. The van der Waals surface area contributed by atoms with Gasteiger partial charge in [-0.2, -0.15) is 0 Å². The highest BCUT2D eigenvalue weighted by Gasteiger charge is 2.45. The second-order valence-corrected chi connectivity index (χ2v) is 7.49. The zero-order valence-electron chi connectivity index (χ0n) is 17.2. The van der Waals surface area contributed by atoms with Crippen LogP contribution in [0, 0.1) is 20.8 Å². The third-order valence-electron chi connectivity index (χ3n) is 5.32. The van der Waals surface area contributed by atoms with E-state index < -0.39 is 37.3 Å². The van der Waals surface area contributed by atoms with Gasteiger partial charge in [0.2, 0.25) is 6.29 Å². The van der Waals surface area contributed by atoms with E-state index in [9.17, 15) is 20.4 Å². The first-order chi connectivity index (χ1) is 13.3. The first-order valence-electron chi connectivity index (χ1n) is 10.0. The van der Waals surface area contributed by atoms with E-state index >= 15 is 0 Å². The van der Waals surface area contributed by atoms with Crippen molar-refractivity contribution in [1.82, 2.24) is 0 Å². The summed E-state index contributed by atoms with van der Waals surface area (Å²) in [5.41, 5.74) is 2.59. The highest BCUT2D eigenvalue weighted by atomic mass is 16.7. The van der Waals surface area contributed by atoms with Crippen molar-refractivity contribution < 1.29 is 34.6 Å². The molecular formula is C21H34O7. The Labute approximate surface area is 166 Å². The lowest BCUT2D eigenvalue weighted by atomic mass is 9.99. The van der Waals surface area contributed by atoms with Crippen molar-refractivity contribution in [3.8, 4) is 11.5 Å². The molecule has 1 aliphatic heterocycles. The quantitative estimate of drug-likeness (QED) is 0.469. The maximum absolute atomic E-state index is 10.2. The summed E-state index contributed by atoms with van der Waals surface area (Å²) < 4.78 is 17.3. The standard InChI is InChI=1S/C21H34O7/c1-5-6-7-8-9-26-15-10-12(2)20(14(4)13(15)3)28-21-19(25)18(24)17(23)16(11-22)27-21/h10,16-19,21-25H,5-9,11H2,1-4H3/t16-,17+,18+,19-,21-/m1/s1. The molecule has 28 heavy (non-hydrogen) atoms. The monoisotopic (exact) mass is 398 g/mol. The van der Waals surface area contributed by atoms with Gasteiger partial charge in [-0.05, 0) is 49.9 Å². The number of benzene rings is 1. The molecule has 0 aromatic heterocycles. The van der Waals surface area contributed by atoms with Crippen molar-refractivity contribution >= 4 is 0 Å². The van der Waals surface area contributed by atoms with E-state index in [1.165, 1.54) is 12.8 Å². The van der Waals surface area contributed by atoms with Crippen LogP contribution in [0.5, 0.6) is 11.5 Å². The molecule has 0 radical (unpaired) electrons. The minimum atomic E-state index is -1.47. The van der Waals surface area contributed by atoms with Crippen LogP contribution in [0.15, 0.2) is 6.07 Å². The Bertz CT molecular complexity index is 632. The van der Waals surface area contributed by atoms with Crippen molar-refractivity contribution in [3.05, 3.63) is 22.8 Å². The molecule has 1 saturated heterocycles. The van der Waals surface area contributed by atoms with E-state index in [2.05, 4.69) is 6.92 Å². The normalized spacial score (nSPS) is 27.6. The average molecular weight is 398 g/mol. The molecule has 1 heterocycles. The number of aryl methyl sites for hydroxylation is 1. The first kappa shape index (κ1) is 22.9. The lowest BCUT2D eigenvalue weighted by Crippen LogP contribution is -2.60. The summed E-state index contributed by atoms with van der Waals surface area (Å²) >= 11 is 0. The van der Waals surface area contributed by atoms with Gasteiger partial charge in [-0.15, -0.1) is 0 Å². The number of ether oxygens (including phenoxy) is 3. The molecule has 5 atom stereocenters. The zero-order valence-corrected chi connectivity index (χ0v) is 17.2. The maximum Gasteiger partial charge on any atom is 0.229 e. The molecule has 1 aromatic rings. The smallest absolute Gasteiger partial charge is 0.229 e. The van der Waals surface area contributed by atoms with Crippen LogP contribution in [-0.2, 0) is 4.74 Å². The van der Waals surface area contributed by atoms with Crippen molar-refractivity contribution in [1.29, 1.82) is 0 Å². The summed E-state index contributed by atoms with van der Waals surface area (Å²) in [7, 11) is 0. The van der Waals surface area contributed by atoms with E-state index in [0.717, 1.165) is 35.3 Å². The van der Waals surface area contributed by atoms with Gasteiger partial charge in [-0.1, -0.05) is 26.2 Å². The second-order valence-electron chi connectivity index (χ2n) is 7.49. The van der Waals surface area contributed by atoms with Gasteiger partial charge in [0.1, 0.15) is 35.9 Å². The van der Waals surface area contributed by atoms with Crippen molar-refractivity contribution in [3.63, 3.8) is 0 Å². The lowest BCUT2D eigenvalue weighted by Gasteiger charge is -2.40. The van der Waals surface area contributed by atoms with Gasteiger partial charge in [0, 0.05) is 0 Å². The van der Waals surface area contributed by atoms with E-state index in [4.69, 9.17) is 14.2 Å². The van der Waals surface area contributed by atoms with Crippen LogP contribution >= 0.6 is 0 Å². The van der Waals surface area contributed by atoms with E-state index in [0.29, 0.717) is 12.4 Å². The molecule has 7 nitrogen and oxygen atoms in total. The van der Waals surface area contributed by atoms with E-state index in [1.807, 2.05) is 26.8 Å². The van der Waals surface area contributed by atoms with Crippen LogP contribution in [-0.4, -0.2) is 64.3 Å². The third kappa shape index (κ3) is 5.15. The third-order valence-corrected chi connectivity index (χ3v) is 5.32. The molecule has 4 N–H and O–H groups in total. The molecule has 0 spiro atoms. The van der Waals surface area contributed by atoms with Crippen molar-refractivity contribution in [2.24, 2.45) is 0 Å². The number of aliphatic hydroxyl groups excluding tert-OH is 4. The molecule has 0 amide bonds. The van der Waals surface area contributed by atoms with Gasteiger partial charge < -0.3 is 34.6 Å². The van der Waals surface area contributed by atoms with Crippen LogP contribution in [0.25, 0.3) is 0 Å². The lowest BCUT2D eigenvalue weighted by molar-refractivity contribution is -0.277. The Balaban J connectivity index is 2.12. The van der Waals surface area contributed by atoms with Gasteiger partial charge in [0.25, 0.3) is 0 Å². The fraction of sp³-hybridized carbons (Fsp3) is 0.714. The minimum absolute atomic E-state index is 0.493. The van der Waals surface area contributed by atoms with Gasteiger partial charge in [-0.3, -0.25) is 0 Å². The molecule has 0 unspecified atom stereocenters. The predicted molar refractivity (Wildman–Crippen MR) is 105 cm³/mol. The van der Waals surface area contributed by atoms with Gasteiger partial charge in [0.15, 0.2) is 0 Å². The summed E-state index contributed by atoms with van der Waals surface area (Å²) in [5, 5.41) is 39.4. The summed E-state index contributed by atoms with van der Waals surface area (Å²) in [6.07, 6.45) is -1.99. The van der Waals surface area contributed by atoms with E-state index in [-0.39, 0.29) is 0 Å². The maximum atomic E-state index is 10.2. The minimum Gasteiger partial charge on any atom is -0.493 e. The summed E-state index contributed by atoms with van der Waals surface area (Å²) in [4.78, 5) is 0. The zero-order chi connectivity index (χ0) is 20.8. The summed E-state index contributed by atoms with van der Waals surface area (Å²) in [6, 6.07) is 1.89. The second kappa shape index (κ2) is 10.4. The van der Waals surface area contributed by atoms with Crippen LogP contribution in [0.3, 0.4) is 0 Å². The van der Waals surface area contributed by atoms with Crippen LogP contribution in [0.1, 0.15) is 49.3 Å². The Kier molecular flexibility index (Phi) is 8.52. The molecule has 1 aromatic carbocycles. The molecule has 2 rings (SSSR count). The molecule has 0 saturated carbocycles. The molecular weight excluding hydrogens is 364 g/mol. The number of hydrogen-bond acceptors (Lipinski definition) is 7. The Morgan fingerprint density at radius 3 is 2.32 bits per heavy atom. The number of rotatable bonds is 9. The molecule has 1 aliphatic rings. The van der Waals surface area contributed by atoms with E-state index in [1.54, 1.807) is 0 Å². The highest BCUT2D eigenvalue weighted by Crippen LogP contribution is 2.35. The van der Waals surface area contributed by atoms with Crippen LogP contribution < -0.4 is 9.47 Å². The SMILES string of the molecule is CCCCCCOc1cc(C)c(O[C@H]2O[C@H](CO)[C@H](O)[C@H](O)[C@H]2O)c(C)c1C. The summed E-state index contributed by atoms with van der Waals surface area (Å²) in [6.45, 7) is 8.04. The molecule has 0 aliphatic carbocycles. The molecule has 160 valence electrons. The van der Waals surface area contributed by atoms with Gasteiger partial charge >= 0.3 is 0 Å². The van der Waals surface area contributed by atoms with Gasteiger partial charge in [0.05, 0.1) is 13.2 Å². The highest BCUT2D eigenvalue weighted by molar-refractivity contribution is 5.52. The Morgan fingerprint density at radius 2 is 1.68 bits per heavy atom. The topological polar surface area (TPSA) is 109 Å². The van der Waals surface area contributed by atoms with Crippen molar-refractivity contribution in [2.45, 2.75) is 84.1 Å². The predicted octanol–water partition coefficient (Wildman–Crippen LogP) is 1.75. The van der Waals surface area contributed by atoms with Crippen LogP contribution in [0.2, 0.25) is 0 Å². The summed E-state index contributed by atoms with van der Waals surface area (Å²) in [5.74, 6) is 1.33. The number of unbranched alkanes of at least 4 members (excludes halogenated alkanes) is 3. The number of hydrogen-bond donors (Lipinski definition) is 4. The molecule has 1 fully saturated rings. The Hall–Kier alpha value is -1.38. The van der Waals surface area contributed by atoms with Gasteiger partial charge in [-0.25, -0.2) is 0 Å². The fourth-order valence-electron chi connectivity index (χ4n) is 3.34. The largest absolute Gasteiger partial charge is 0.493 e. The van der Waals surface area contributed by atoms with Crippen LogP contribution in [0.4, 0.5) is 0 Å². The fourth-order valence-corrected chi connectivity index (χ4v) is 3.34.